The van der Waals surface area contributed by atoms with Crippen LogP contribution in [0.4, 0.5) is 0 Å². The summed E-state index contributed by atoms with van der Waals surface area (Å²) in [7, 11) is 0. The van der Waals surface area contributed by atoms with E-state index in [4.69, 9.17) is 0 Å². The van der Waals surface area contributed by atoms with Gasteiger partial charge in [-0.15, -0.1) is 0 Å². The van der Waals surface area contributed by atoms with Gasteiger partial charge >= 0.3 is 0 Å². The van der Waals surface area contributed by atoms with Crippen LogP contribution in [0.25, 0.3) is 66.4 Å². The zero-order valence-electron chi connectivity index (χ0n) is 39.9. The Balaban J connectivity index is 0.000000141. The van der Waals surface area contributed by atoms with Crippen LogP contribution in [-0.2, 0) is 0 Å². The maximum Gasteiger partial charge on any atom is -0.0149 e. The van der Waals surface area contributed by atoms with E-state index in [1.165, 1.54) is 111 Å². The van der Waals surface area contributed by atoms with Gasteiger partial charge in [-0.2, -0.15) is 0 Å². The van der Waals surface area contributed by atoms with Gasteiger partial charge in [0.15, 0.2) is 0 Å². The SMILES string of the molecule is Cc1ccc(-c2cccc(-c3ccc(-c4ccccc4C)c(C)c3)c2)cc1.Cc1ccc(-c2ccccc2)cc1.Cc1ccc2ccccc2c1.Cc1ccccc1-c1cccc(C)c1C. The standard InChI is InChI=1S/C27H24.C15H16.C13H12.C11H10/c1-19-11-13-22(14-12-19)23-8-6-9-24(18-23)25-15-16-27(21(3)17-25)26-10-5-4-7-20(26)2;1-11-8-6-10-15(13(11)3)14-9-5-4-7-12(14)2;1-11-7-9-13(10-8-11)12-5-3-2-4-6-12;1-9-6-7-10-4-2-3-5-11(10)8-9/h4-18H,1-3H3;4-10H,1-3H3;2-10H,1H3;2-8H,1H3. The van der Waals surface area contributed by atoms with Crippen LogP contribution in [0.3, 0.4) is 0 Å². The third-order valence-electron chi connectivity index (χ3n) is 12.3. The lowest BCUT2D eigenvalue weighted by Crippen LogP contribution is -1.88. The lowest BCUT2D eigenvalue weighted by molar-refractivity contribution is 1.33. The zero-order chi connectivity index (χ0) is 46.4. The number of hydrogen-bond donors (Lipinski definition) is 0. The van der Waals surface area contributed by atoms with Crippen LogP contribution in [0, 0.1) is 55.4 Å². The molecular formula is C66H62. The molecule has 0 aliphatic rings. The number of benzene rings is 10. The third kappa shape index (κ3) is 12.2. The van der Waals surface area contributed by atoms with Crippen molar-refractivity contribution in [1.29, 1.82) is 0 Å². The van der Waals surface area contributed by atoms with E-state index >= 15 is 0 Å². The fourth-order valence-corrected chi connectivity index (χ4v) is 8.25. The molecule has 326 valence electrons. The predicted molar refractivity (Wildman–Crippen MR) is 288 cm³/mol. The van der Waals surface area contributed by atoms with Gasteiger partial charge in [0.25, 0.3) is 0 Å². The fourth-order valence-electron chi connectivity index (χ4n) is 8.25. The van der Waals surface area contributed by atoms with Crippen LogP contribution in [0.1, 0.15) is 44.5 Å². The van der Waals surface area contributed by atoms with Gasteiger partial charge in [-0.1, -0.05) is 241 Å². The number of hydrogen-bond acceptors (Lipinski definition) is 0. The van der Waals surface area contributed by atoms with Crippen LogP contribution < -0.4 is 0 Å². The van der Waals surface area contributed by atoms with E-state index in [0.717, 1.165) is 0 Å². The summed E-state index contributed by atoms with van der Waals surface area (Å²) in [6, 6.07) is 81.9. The topological polar surface area (TPSA) is 0 Å². The van der Waals surface area contributed by atoms with E-state index in [-0.39, 0.29) is 0 Å². The molecule has 0 radical (unpaired) electrons. The molecule has 0 saturated carbocycles. The Bertz CT molecular complexity index is 3130. The molecule has 0 saturated heterocycles. The van der Waals surface area contributed by atoms with Crippen molar-refractivity contribution in [3.8, 4) is 55.6 Å². The highest BCUT2D eigenvalue weighted by Gasteiger charge is 2.09. The smallest absolute Gasteiger partial charge is 0.0149 e. The van der Waals surface area contributed by atoms with Gasteiger partial charge in [0.05, 0.1) is 0 Å². The van der Waals surface area contributed by atoms with Crippen molar-refractivity contribution < 1.29 is 0 Å². The summed E-state index contributed by atoms with van der Waals surface area (Å²) in [4.78, 5) is 0. The molecule has 0 amide bonds. The minimum atomic E-state index is 1.26. The van der Waals surface area contributed by atoms with Gasteiger partial charge in [-0.05, 0) is 156 Å². The first kappa shape index (κ1) is 46.5. The Hall–Kier alpha value is -7.54. The second kappa shape index (κ2) is 22.4. The molecule has 0 fully saturated rings. The molecule has 0 heterocycles. The second-order valence-corrected chi connectivity index (χ2v) is 17.4. The van der Waals surface area contributed by atoms with E-state index in [0.29, 0.717) is 0 Å². The Morgan fingerprint density at radius 3 is 1.20 bits per heavy atom. The average Bonchev–Trinajstić information content (AvgIpc) is 3.34. The molecule has 0 heteroatoms. The molecular weight excluding hydrogens is 793 g/mol. The molecule has 10 rings (SSSR count). The highest BCUT2D eigenvalue weighted by atomic mass is 14.1. The molecule has 0 N–H and O–H groups in total. The van der Waals surface area contributed by atoms with Gasteiger partial charge in [0.2, 0.25) is 0 Å². The molecule has 0 nitrogen and oxygen atoms in total. The van der Waals surface area contributed by atoms with Crippen molar-refractivity contribution in [2.75, 3.05) is 0 Å². The van der Waals surface area contributed by atoms with Crippen LogP contribution in [-0.4, -0.2) is 0 Å². The molecule has 0 bridgehead atoms. The van der Waals surface area contributed by atoms with Crippen molar-refractivity contribution >= 4 is 10.8 Å². The van der Waals surface area contributed by atoms with Crippen LogP contribution in [0.2, 0.25) is 0 Å². The monoisotopic (exact) mass is 854 g/mol. The van der Waals surface area contributed by atoms with E-state index in [1.807, 2.05) is 6.07 Å². The summed E-state index contributed by atoms with van der Waals surface area (Å²) in [5.74, 6) is 0. The Morgan fingerprint density at radius 2 is 0.591 bits per heavy atom. The first-order valence-corrected chi connectivity index (χ1v) is 23.1. The first-order valence-electron chi connectivity index (χ1n) is 23.1. The maximum atomic E-state index is 2.30. The largest absolute Gasteiger partial charge is 0.0622 e. The van der Waals surface area contributed by atoms with Crippen molar-refractivity contribution in [3.63, 3.8) is 0 Å². The van der Waals surface area contributed by atoms with Gasteiger partial charge in [0.1, 0.15) is 0 Å². The summed E-state index contributed by atoms with van der Waals surface area (Å²) >= 11 is 0. The van der Waals surface area contributed by atoms with Crippen molar-refractivity contribution in [2.45, 2.75) is 55.4 Å². The molecule has 10 aromatic rings. The fraction of sp³-hybridized carbons (Fsp3) is 0.121. The summed E-state index contributed by atoms with van der Waals surface area (Å²) < 4.78 is 0. The summed E-state index contributed by atoms with van der Waals surface area (Å²) in [5.41, 5.74) is 23.5. The zero-order valence-corrected chi connectivity index (χ0v) is 39.9. The van der Waals surface area contributed by atoms with Crippen molar-refractivity contribution in [1.82, 2.24) is 0 Å². The lowest BCUT2D eigenvalue weighted by atomic mass is 9.92. The molecule has 0 aliphatic carbocycles. The first-order chi connectivity index (χ1) is 32.0. The minimum Gasteiger partial charge on any atom is -0.0622 e. The van der Waals surface area contributed by atoms with Crippen LogP contribution in [0.15, 0.2) is 231 Å². The lowest BCUT2D eigenvalue weighted by Gasteiger charge is -2.12. The van der Waals surface area contributed by atoms with E-state index < -0.39 is 0 Å². The van der Waals surface area contributed by atoms with Gasteiger partial charge in [0, 0.05) is 0 Å². The summed E-state index contributed by atoms with van der Waals surface area (Å²) in [6.07, 6.45) is 0. The minimum absolute atomic E-state index is 1.26. The number of aryl methyl sites for hydroxylation is 7. The molecule has 10 aromatic carbocycles. The van der Waals surface area contributed by atoms with Gasteiger partial charge < -0.3 is 0 Å². The highest BCUT2D eigenvalue weighted by Crippen LogP contribution is 2.33. The highest BCUT2D eigenvalue weighted by molar-refractivity contribution is 5.83. The molecule has 0 aliphatic heterocycles. The quantitative estimate of drug-likeness (QED) is 0.162. The Labute approximate surface area is 395 Å². The van der Waals surface area contributed by atoms with Crippen molar-refractivity contribution in [2.24, 2.45) is 0 Å². The van der Waals surface area contributed by atoms with Gasteiger partial charge in [-0.25, -0.2) is 0 Å². The predicted octanol–water partition coefficient (Wildman–Crippen LogP) is 18.7. The Kier molecular flexibility index (Phi) is 15.8. The van der Waals surface area contributed by atoms with E-state index in [9.17, 15) is 0 Å². The van der Waals surface area contributed by atoms with Gasteiger partial charge in [-0.3, -0.25) is 0 Å². The normalized spacial score (nSPS) is 10.4. The van der Waals surface area contributed by atoms with Crippen LogP contribution >= 0.6 is 0 Å². The third-order valence-corrected chi connectivity index (χ3v) is 12.3. The molecule has 66 heavy (non-hydrogen) atoms. The number of rotatable bonds is 5. The average molecular weight is 855 g/mol. The molecule has 0 aromatic heterocycles. The van der Waals surface area contributed by atoms with Crippen molar-refractivity contribution in [3.05, 3.63) is 275 Å². The molecule has 0 unspecified atom stereocenters. The summed E-state index contributed by atoms with van der Waals surface area (Å²) in [5, 5.41) is 2.64. The molecule has 0 spiro atoms. The summed E-state index contributed by atoms with van der Waals surface area (Å²) in [6.45, 7) is 17.2. The Morgan fingerprint density at radius 1 is 0.197 bits per heavy atom. The molecule has 0 atom stereocenters. The van der Waals surface area contributed by atoms with E-state index in [1.54, 1.807) is 0 Å². The second-order valence-electron chi connectivity index (χ2n) is 17.4. The maximum absolute atomic E-state index is 2.30. The van der Waals surface area contributed by atoms with E-state index in [2.05, 4.69) is 280 Å². The van der Waals surface area contributed by atoms with Crippen LogP contribution in [0.5, 0.6) is 0 Å². The number of fused-ring (bicyclic) bond motifs is 1.